The molecule has 0 aliphatic carbocycles. The summed E-state index contributed by atoms with van der Waals surface area (Å²) in [5.41, 5.74) is 0.0347. The third-order valence-electron chi connectivity index (χ3n) is 3.12. The first-order valence-electron chi connectivity index (χ1n) is 6.48. The van der Waals surface area contributed by atoms with Crippen molar-refractivity contribution in [2.24, 2.45) is 5.41 Å². The summed E-state index contributed by atoms with van der Waals surface area (Å²) in [4.78, 5) is 22.4. The smallest absolute Gasteiger partial charge is 0.270 e. The molecule has 0 saturated carbocycles. The Bertz CT molecular complexity index is 532. The Kier molecular flexibility index (Phi) is 6.29. The van der Waals surface area contributed by atoms with Crippen LogP contribution in [0.4, 0.5) is 5.69 Å². The number of hydrogen-bond acceptors (Lipinski definition) is 4. The molecule has 1 aromatic rings. The molecule has 0 radical (unpaired) electrons. The van der Waals surface area contributed by atoms with Gasteiger partial charge < -0.3 is 10.1 Å². The van der Waals surface area contributed by atoms with Gasteiger partial charge in [0.05, 0.1) is 10.5 Å². The first kappa shape index (κ1) is 17.6. The van der Waals surface area contributed by atoms with Gasteiger partial charge in [0.25, 0.3) is 11.6 Å². The molecule has 6 nitrogen and oxygen atoms in total. The number of carbonyl (C=O) groups excluding carboxylic acids is 1. The molecule has 21 heavy (non-hydrogen) atoms. The Morgan fingerprint density at radius 2 is 2.14 bits per heavy atom. The first-order chi connectivity index (χ1) is 9.76. The Labute approximate surface area is 132 Å². The Hall–Kier alpha value is -1.47. The largest absolute Gasteiger partial charge is 0.385 e. The van der Waals surface area contributed by atoms with Crippen LogP contribution in [0.25, 0.3) is 0 Å². The Morgan fingerprint density at radius 3 is 2.71 bits per heavy atom. The van der Waals surface area contributed by atoms with E-state index in [1.807, 2.05) is 13.8 Å². The number of halogens is 1. The fourth-order valence-electron chi connectivity index (χ4n) is 1.68. The Balaban J connectivity index is 2.76. The summed E-state index contributed by atoms with van der Waals surface area (Å²) in [7, 11) is 1.63. The molecule has 0 atom stereocenters. The lowest BCUT2D eigenvalue weighted by Crippen LogP contribution is -2.34. The van der Waals surface area contributed by atoms with E-state index in [2.05, 4.69) is 21.2 Å². The van der Waals surface area contributed by atoms with Crippen LogP contribution in [0.1, 0.15) is 30.6 Å². The molecular formula is C14H19BrN2O4. The highest BCUT2D eigenvalue weighted by Gasteiger charge is 2.21. The molecule has 0 aliphatic heterocycles. The average Bonchev–Trinajstić information content (AvgIpc) is 2.43. The molecule has 7 heteroatoms. The number of carbonyl (C=O) groups is 1. The SMILES string of the molecule is COCCC(C)(C)CNC(=O)c1cc([N+](=O)[O-])ccc1Br. The molecule has 1 rings (SSSR count). The minimum Gasteiger partial charge on any atom is -0.385 e. The number of methoxy groups -OCH3 is 1. The molecule has 0 bridgehead atoms. The number of nitrogens with zero attached hydrogens (tertiary/aromatic N) is 1. The summed E-state index contributed by atoms with van der Waals surface area (Å²) in [6.07, 6.45) is 0.805. The zero-order chi connectivity index (χ0) is 16.0. The molecule has 0 aliphatic rings. The van der Waals surface area contributed by atoms with Crippen molar-refractivity contribution >= 4 is 27.5 Å². The van der Waals surface area contributed by atoms with Gasteiger partial charge in [0, 0.05) is 36.9 Å². The second kappa shape index (κ2) is 7.51. The molecule has 0 aromatic heterocycles. The quantitative estimate of drug-likeness (QED) is 0.599. The normalized spacial score (nSPS) is 11.2. The maximum Gasteiger partial charge on any atom is 0.270 e. The molecule has 0 heterocycles. The van der Waals surface area contributed by atoms with Gasteiger partial charge in [-0.2, -0.15) is 0 Å². The first-order valence-corrected chi connectivity index (χ1v) is 7.27. The monoisotopic (exact) mass is 358 g/mol. The topological polar surface area (TPSA) is 81.5 Å². The molecule has 0 saturated heterocycles. The van der Waals surface area contributed by atoms with Crippen molar-refractivity contribution in [2.75, 3.05) is 20.3 Å². The van der Waals surface area contributed by atoms with Gasteiger partial charge in [-0.25, -0.2) is 0 Å². The number of nitro benzene ring substituents is 1. The van der Waals surface area contributed by atoms with Crippen LogP contribution in [-0.4, -0.2) is 31.1 Å². The van der Waals surface area contributed by atoms with Crippen molar-refractivity contribution in [1.29, 1.82) is 0 Å². The maximum absolute atomic E-state index is 12.2. The van der Waals surface area contributed by atoms with Crippen LogP contribution in [0.15, 0.2) is 22.7 Å². The summed E-state index contributed by atoms with van der Waals surface area (Å²) >= 11 is 3.24. The summed E-state index contributed by atoms with van der Waals surface area (Å²) in [5.74, 6) is -0.337. The van der Waals surface area contributed by atoms with E-state index in [-0.39, 0.29) is 22.6 Å². The third kappa shape index (κ3) is 5.43. The zero-order valence-electron chi connectivity index (χ0n) is 12.3. The molecule has 0 fully saturated rings. The van der Waals surface area contributed by atoms with Gasteiger partial charge >= 0.3 is 0 Å². The van der Waals surface area contributed by atoms with E-state index in [1.54, 1.807) is 7.11 Å². The van der Waals surface area contributed by atoms with Gasteiger partial charge in [0.15, 0.2) is 0 Å². The Morgan fingerprint density at radius 1 is 1.48 bits per heavy atom. The van der Waals surface area contributed by atoms with E-state index in [1.165, 1.54) is 18.2 Å². The second-order valence-corrected chi connectivity index (χ2v) is 6.37. The third-order valence-corrected chi connectivity index (χ3v) is 3.81. The number of non-ortho nitro benzene ring substituents is 1. The van der Waals surface area contributed by atoms with Crippen LogP contribution in [-0.2, 0) is 4.74 Å². The van der Waals surface area contributed by atoms with Gasteiger partial charge in [-0.15, -0.1) is 0 Å². The highest BCUT2D eigenvalue weighted by molar-refractivity contribution is 9.10. The van der Waals surface area contributed by atoms with Crippen molar-refractivity contribution in [3.63, 3.8) is 0 Å². The minimum absolute atomic E-state index is 0.109. The molecule has 1 N–H and O–H groups in total. The number of hydrogen-bond donors (Lipinski definition) is 1. The van der Waals surface area contributed by atoms with Crippen LogP contribution >= 0.6 is 15.9 Å². The molecule has 0 spiro atoms. The number of rotatable bonds is 7. The van der Waals surface area contributed by atoms with E-state index in [0.29, 0.717) is 17.6 Å². The number of nitrogens with one attached hydrogen (secondary N) is 1. The lowest BCUT2D eigenvalue weighted by atomic mass is 9.89. The summed E-state index contributed by atoms with van der Waals surface area (Å²) < 4.78 is 5.56. The van der Waals surface area contributed by atoms with Crippen LogP contribution in [0.2, 0.25) is 0 Å². The van der Waals surface area contributed by atoms with Crippen molar-refractivity contribution < 1.29 is 14.5 Å². The van der Waals surface area contributed by atoms with E-state index >= 15 is 0 Å². The van der Waals surface area contributed by atoms with Crippen LogP contribution in [0, 0.1) is 15.5 Å². The van der Waals surface area contributed by atoms with Gasteiger partial charge in [0.1, 0.15) is 0 Å². The van der Waals surface area contributed by atoms with Crippen molar-refractivity contribution in [2.45, 2.75) is 20.3 Å². The van der Waals surface area contributed by atoms with Crippen molar-refractivity contribution in [3.8, 4) is 0 Å². The van der Waals surface area contributed by atoms with Gasteiger partial charge in [0.2, 0.25) is 0 Å². The lowest BCUT2D eigenvalue weighted by Gasteiger charge is -2.24. The lowest BCUT2D eigenvalue weighted by molar-refractivity contribution is -0.384. The fourth-order valence-corrected chi connectivity index (χ4v) is 2.11. The second-order valence-electron chi connectivity index (χ2n) is 5.51. The number of benzene rings is 1. The van der Waals surface area contributed by atoms with Crippen LogP contribution < -0.4 is 5.32 Å². The molecular weight excluding hydrogens is 340 g/mol. The van der Waals surface area contributed by atoms with Crippen LogP contribution in [0.5, 0.6) is 0 Å². The molecule has 1 aromatic carbocycles. The predicted octanol–water partition coefficient (Wildman–Crippen LogP) is 3.15. The van der Waals surface area contributed by atoms with E-state index in [0.717, 1.165) is 6.42 Å². The van der Waals surface area contributed by atoms with E-state index in [4.69, 9.17) is 4.74 Å². The summed E-state index contributed by atoms with van der Waals surface area (Å²) in [5, 5.41) is 13.6. The van der Waals surface area contributed by atoms with Crippen molar-refractivity contribution in [3.05, 3.63) is 38.3 Å². The van der Waals surface area contributed by atoms with Crippen molar-refractivity contribution in [1.82, 2.24) is 5.32 Å². The molecule has 1 amide bonds. The highest BCUT2D eigenvalue weighted by Crippen LogP contribution is 2.23. The van der Waals surface area contributed by atoms with Gasteiger partial charge in [-0.3, -0.25) is 14.9 Å². The van der Waals surface area contributed by atoms with E-state index in [9.17, 15) is 14.9 Å². The maximum atomic E-state index is 12.2. The zero-order valence-corrected chi connectivity index (χ0v) is 13.9. The number of ether oxygens (including phenoxy) is 1. The number of nitro groups is 1. The standard InChI is InChI=1S/C14H19BrN2O4/c1-14(2,6-7-21-3)9-16-13(18)11-8-10(17(19)20)4-5-12(11)15/h4-5,8H,6-7,9H2,1-3H3,(H,16,18). The average molecular weight is 359 g/mol. The number of amides is 1. The predicted molar refractivity (Wildman–Crippen MR) is 83.4 cm³/mol. The summed E-state index contributed by atoms with van der Waals surface area (Å²) in [6, 6.07) is 4.12. The summed E-state index contributed by atoms with van der Waals surface area (Å²) in [6.45, 7) is 5.12. The van der Waals surface area contributed by atoms with Gasteiger partial charge in [-0.05, 0) is 33.8 Å². The highest BCUT2D eigenvalue weighted by atomic mass is 79.9. The minimum atomic E-state index is -0.522. The van der Waals surface area contributed by atoms with Gasteiger partial charge in [-0.1, -0.05) is 13.8 Å². The molecule has 0 unspecified atom stereocenters. The fraction of sp³-hybridized carbons (Fsp3) is 0.500. The molecule has 116 valence electrons. The van der Waals surface area contributed by atoms with Crippen LogP contribution in [0.3, 0.4) is 0 Å². The van der Waals surface area contributed by atoms with E-state index < -0.39 is 4.92 Å².